The van der Waals surface area contributed by atoms with Gasteiger partial charge < -0.3 is 11.1 Å². The summed E-state index contributed by atoms with van der Waals surface area (Å²) in [7, 11) is 0. The first-order chi connectivity index (χ1) is 9.66. The van der Waals surface area contributed by atoms with Crippen LogP contribution in [0.3, 0.4) is 0 Å². The third-order valence-electron chi connectivity index (χ3n) is 3.04. The van der Waals surface area contributed by atoms with Gasteiger partial charge in [0.25, 0.3) is 10.9 Å². The molecule has 98 valence electrons. The summed E-state index contributed by atoms with van der Waals surface area (Å²) in [6.07, 6.45) is 1.71. The fourth-order valence-corrected chi connectivity index (χ4v) is 1.97. The van der Waals surface area contributed by atoms with E-state index in [9.17, 15) is 9.59 Å². The first-order valence-electron chi connectivity index (χ1n) is 6.04. The molecule has 20 heavy (non-hydrogen) atoms. The molecular formula is C15H11N3O2. The summed E-state index contributed by atoms with van der Waals surface area (Å²) in [6.45, 7) is 0. The lowest BCUT2D eigenvalue weighted by Gasteiger charge is -2.11. The molecule has 0 aliphatic rings. The molecule has 0 unspecified atom stereocenters. The lowest BCUT2D eigenvalue weighted by Crippen LogP contribution is -2.36. The highest BCUT2D eigenvalue weighted by molar-refractivity contribution is 5.78. The van der Waals surface area contributed by atoms with Gasteiger partial charge in [-0.25, -0.2) is 0 Å². The van der Waals surface area contributed by atoms with E-state index in [1.165, 1.54) is 0 Å². The lowest BCUT2D eigenvalue weighted by molar-refractivity contribution is 1.32. The van der Waals surface area contributed by atoms with Crippen molar-refractivity contribution in [2.24, 2.45) is 0 Å². The van der Waals surface area contributed by atoms with Crippen LogP contribution in [0.15, 0.2) is 58.3 Å². The lowest BCUT2D eigenvalue weighted by atomic mass is 10.1. The summed E-state index contributed by atoms with van der Waals surface area (Å²) in [5.74, 6) is 0. The number of benzene rings is 1. The van der Waals surface area contributed by atoms with E-state index in [-0.39, 0.29) is 11.4 Å². The first-order valence-corrected chi connectivity index (χ1v) is 6.04. The van der Waals surface area contributed by atoms with Crippen LogP contribution in [-0.4, -0.2) is 4.98 Å². The Bertz CT molecular complexity index is 834. The van der Waals surface area contributed by atoms with Crippen molar-refractivity contribution >= 4 is 17.1 Å². The van der Waals surface area contributed by atoms with Crippen molar-refractivity contribution in [3.63, 3.8) is 0 Å². The van der Waals surface area contributed by atoms with Crippen LogP contribution in [0.25, 0.3) is 11.3 Å². The zero-order valence-corrected chi connectivity index (χ0v) is 10.5. The molecule has 0 atom stereocenters. The normalized spacial score (nSPS) is 10.6. The molecule has 0 radical (unpaired) electrons. The van der Waals surface area contributed by atoms with E-state index in [1.807, 2.05) is 36.4 Å². The van der Waals surface area contributed by atoms with Gasteiger partial charge in [-0.05, 0) is 24.3 Å². The van der Waals surface area contributed by atoms with Gasteiger partial charge in [0.15, 0.2) is 0 Å². The topological polar surface area (TPSA) is 85.1 Å². The van der Waals surface area contributed by atoms with E-state index in [0.29, 0.717) is 5.69 Å². The van der Waals surface area contributed by atoms with Crippen LogP contribution in [0, 0.1) is 0 Å². The molecule has 0 fully saturated rings. The van der Waals surface area contributed by atoms with Crippen LogP contribution < -0.4 is 21.9 Å². The standard InChI is InChI=1S/C15H11N3O2/c16-12-13(15(20)14(12)19)18-10-5-3-4-9(8-10)11-6-1-2-7-17-11/h1-8,18H,16H2. The molecule has 3 aromatic rings. The number of nitrogens with two attached hydrogens (primary N) is 1. The number of anilines is 3. The third kappa shape index (κ3) is 1.95. The fourth-order valence-electron chi connectivity index (χ4n) is 1.97. The van der Waals surface area contributed by atoms with Crippen LogP contribution in [0.5, 0.6) is 0 Å². The highest BCUT2D eigenvalue weighted by atomic mass is 16.2. The Hall–Kier alpha value is -2.95. The van der Waals surface area contributed by atoms with Crippen molar-refractivity contribution in [2.45, 2.75) is 0 Å². The summed E-state index contributed by atoms with van der Waals surface area (Å²) in [5.41, 5.74) is 6.85. The predicted octanol–water partition coefficient (Wildman–Crippen LogP) is 1.67. The maximum absolute atomic E-state index is 11.4. The molecule has 0 aliphatic heterocycles. The molecule has 5 nitrogen and oxygen atoms in total. The van der Waals surface area contributed by atoms with Crippen molar-refractivity contribution in [2.75, 3.05) is 11.1 Å². The zero-order valence-electron chi connectivity index (χ0n) is 10.5. The maximum Gasteiger partial charge on any atom is 0.253 e. The Morgan fingerprint density at radius 3 is 2.55 bits per heavy atom. The van der Waals surface area contributed by atoms with E-state index in [1.54, 1.807) is 12.3 Å². The second kappa shape index (κ2) is 4.62. The van der Waals surface area contributed by atoms with Crippen molar-refractivity contribution < 1.29 is 0 Å². The molecule has 0 spiro atoms. The summed E-state index contributed by atoms with van der Waals surface area (Å²) >= 11 is 0. The third-order valence-corrected chi connectivity index (χ3v) is 3.04. The molecule has 0 amide bonds. The van der Waals surface area contributed by atoms with E-state index in [0.717, 1.165) is 11.3 Å². The van der Waals surface area contributed by atoms with Crippen molar-refractivity contribution in [3.8, 4) is 11.3 Å². The van der Waals surface area contributed by atoms with Crippen LogP contribution in [0.2, 0.25) is 0 Å². The number of hydrogen-bond donors (Lipinski definition) is 2. The second-order valence-corrected chi connectivity index (χ2v) is 4.37. The number of rotatable bonds is 3. The van der Waals surface area contributed by atoms with Gasteiger partial charge in [-0.1, -0.05) is 18.2 Å². The quantitative estimate of drug-likeness (QED) is 0.704. The number of nitrogens with zero attached hydrogens (tertiary/aromatic N) is 1. The molecular weight excluding hydrogens is 254 g/mol. The van der Waals surface area contributed by atoms with Gasteiger partial charge in [0.1, 0.15) is 11.4 Å². The largest absolute Gasteiger partial charge is 0.394 e. The van der Waals surface area contributed by atoms with Crippen molar-refractivity contribution in [3.05, 3.63) is 69.1 Å². The van der Waals surface area contributed by atoms with E-state index in [2.05, 4.69) is 10.3 Å². The maximum atomic E-state index is 11.4. The van der Waals surface area contributed by atoms with Crippen molar-refractivity contribution in [1.29, 1.82) is 0 Å². The van der Waals surface area contributed by atoms with Crippen molar-refractivity contribution in [1.82, 2.24) is 4.98 Å². The molecule has 0 saturated heterocycles. The van der Waals surface area contributed by atoms with Gasteiger partial charge in [0.2, 0.25) is 0 Å². The second-order valence-electron chi connectivity index (χ2n) is 4.37. The molecule has 0 bridgehead atoms. The molecule has 2 aromatic carbocycles. The number of hydrogen-bond acceptors (Lipinski definition) is 5. The molecule has 3 rings (SSSR count). The van der Waals surface area contributed by atoms with Crippen LogP contribution in [-0.2, 0) is 0 Å². The summed E-state index contributed by atoms with van der Waals surface area (Å²) in [4.78, 5) is 26.7. The Morgan fingerprint density at radius 1 is 1.00 bits per heavy atom. The highest BCUT2D eigenvalue weighted by Gasteiger charge is 2.17. The Labute approximate surface area is 114 Å². The van der Waals surface area contributed by atoms with Gasteiger partial charge in [0.05, 0.1) is 5.69 Å². The van der Waals surface area contributed by atoms with Gasteiger partial charge in [-0.2, -0.15) is 0 Å². The zero-order chi connectivity index (χ0) is 14.1. The fraction of sp³-hybridized carbons (Fsp3) is 0. The average molecular weight is 265 g/mol. The number of nitrogens with one attached hydrogen (secondary N) is 1. The highest BCUT2D eigenvalue weighted by Crippen LogP contribution is 2.23. The average Bonchev–Trinajstić information content (AvgIpc) is 2.52. The molecule has 1 heterocycles. The van der Waals surface area contributed by atoms with Gasteiger partial charge in [-0.3, -0.25) is 14.6 Å². The Kier molecular flexibility index (Phi) is 2.80. The number of nitrogen functional groups attached to an aromatic ring is 1. The minimum absolute atomic E-state index is 0.0155. The van der Waals surface area contributed by atoms with Gasteiger partial charge >= 0.3 is 0 Å². The Morgan fingerprint density at radius 2 is 1.85 bits per heavy atom. The smallest absolute Gasteiger partial charge is 0.253 e. The molecule has 3 N–H and O–H groups in total. The monoisotopic (exact) mass is 265 g/mol. The first kappa shape index (κ1) is 12.1. The molecule has 0 aliphatic carbocycles. The summed E-state index contributed by atoms with van der Waals surface area (Å²) in [5, 5.41) is 2.87. The predicted molar refractivity (Wildman–Crippen MR) is 78.7 cm³/mol. The van der Waals surface area contributed by atoms with E-state index in [4.69, 9.17) is 5.73 Å². The molecule has 0 saturated carbocycles. The SMILES string of the molecule is Nc1c(Nc2cccc(-c3ccccn3)c2)c(=O)c1=O. The van der Waals surface area contributed by atoms with Gasteiger partial charge in [-0.15, -0.1) is 0 Å². The number of pyridine rings is 1. The minimum Gasteiger partial charge on any atom is -0.394 e. The van der Waals surface area contributed by atoms with E-state index >= 15 is 0 Å². The summed E-state index contributed by atoms with van der Waals surface area (Å²) in [6, 6.07) is 13.0. The van der Waals surface area contributed by atoms with E-state index < -0.39 is 10.9 Å². The van der Waals surface area contributed by atoms with Crippen LogP contribution >= 0.6 is 0 Å². The molecule has 5 heteroatoms. The van der Waals surface area contributed by atoms with Crippen LogP contribution in [0.4, 0.5) is 17.1 Å². The minimum atomic E-state index is -0.631. The molecule has 1 aromatic heterocycles. The van der Waals surface area contributed by atoms with Gasteiger partial charge in [0, 0.05) is 17.4 Å². The summed E-state index contributed by atoms with van der Waals surface area (Å²) < 4.78 is 0. The number of aromatic nitrogens is 1. The Balaban J connectivity index is 1.93. The van der Waals surface area contributed by atoms with Crippen LogP contribution in [0.1, 0.15) is 0 Å².